The van der Waals surface area contributed by atoms with Crippen LogP contribution in [0, 0.1) is 0 Å². The van der Waals surface area contributed by atoms with Crippen molar-refractivity contribution in [2.45, 2.75) is 0 Å². The van der Waals surface area contributed by atoms with Crippen molar-refractivity contribution in [3.63, 3.8) is 0 Å². The van der Waals surface area contributed by atoms with E-state index in [1.54, 1.807) is 30.3 Å². The lowest BCUT2D eigenvalue weighted by Gasteiger charge is -2.22. The number of carbonyl (C=O) groups excluding carboxylic acids is 3. The molecular weight excluding hydrogens is 402 g/mol. The van der Waals surface area contributed by atoms with E-state index in [0.717, 1.165) is 10.6 Å². The van der Waals surface area contributed by atoms with E-state index in [1.165, 1.54) is 12.1 Å². The number of anilines is 1. The maximum atomic E-state index is 13.3. The summed E-state index contributed by atoms with van der Waals surface area (Å²) in [5, 5.41) is 2.12. The Bertz CT molecular complexity index is 1340. The van der Waals surface area contributed by atoms with Crippen molar-refractivity contribution in [1.82, 2.24) is 9.88 Å². The number of ether oxygens (including phenoxy) is 2. The smallest absolute Gasteiger partial charge is 0.262 e. The number of nitrogens with zero attached hydrogens (tertiary/aromatic N) is 1. The van der Waals surface area contributed by atoms with Crippen molar-refractivity contribution in [3.8, 4) is 17.2 Å². The molecule has 2 aliphatic rings. The molecule has 3 heterocycles. The number of pyridine rings is 1. The number of rotatable bonds is 3. The van der Waals surface area contributed by atoms with Crippen molar-refractivity contribution in [1.29, 1.82) is 0 Å². The van der Waals surface area contributed by atoms with Gasteiger partial charge in [0.15, 0.2) is 17.3 Å². The van der Waals surface area contributed by atoms with Gasteiger partial charge in [0.2, 0.25) is 0 Å². The number of nitrogens with one attached hydrogen (secondary N) is 1. The Balaban J connectivity index is 1.80. The molecule has 3 aromatic rings. The lowest BCUT2D eigenvalue weighted by Crippen LogP contribution is -2.26. The molecule has 31 heavy (non-hydrogen) atoms. The first-order chi connectivity index (χ1) is 15.0. The molecule has 154 valence electrons. The van der Waals surface area contributed by atoms with Gasteiger partial charge in [-0.15, -0.1) is 0 Å². The number of ketones is 1. The lowest BCUT2D eigenvalue weighted by molar-refractivity contribution is 0.0879. The van der Waals surface area contributed by atoms with E-state index in [1.807, 2.05) is 0 Å². The minimum atomic E-state index is -0.709. The van der Waals surface area contributed by atoms with Crippen LogP contribution >= 0.6 is 0 Å². The Labute approximate surface area is 175 Å². The molecule has 0 bridgehead atoms. The number of fused-ring (bicyclic) bond motifs is 2. The number of amides is 2. The second-order valence-corrected chi connectivity index (χ2v) is 6.98. The van der Waals surface area contributed by atoms with Gasteiger partial charge in [0.05, 0.1) is 22.4 Å². The molecule has 2 aliphatic heterocycles. The van der Waals surface area contributed by atoms with Crippen LogP contribution in [-0.4, -0.2) is 35.4 Å². The predicted octanol–water partition coefficient (Wildman–Crippen LogP) is 1.31. The zero-order valence-electron chi connectivity index (χ0n) is 16.0. The highest BCUT2D eigenvalue weighted by Crippen LogP contribution is 2.36. The van der Waals surface area contributed by atoms with Gasteiger partial charge < -0.3 is 15.2 Å². The number of carbonyl (C=O) groups is 3. The second-order valence-electron chi connectivity index (χ2n) is 6.98. The van der Waals surface area contributed by atoms with Crippen LogP contribution in [-0.2, 0) is 0 Å². The molecule has 0 radical (unpaired) electrons. The van der Waals surface area contributed by atoms with Crippen molar-refractivity contribution >= 4 is 23.4 Å². The Morgan fingerprint density at radius 1 is 0.935 bits per heavy atom. The van der Waals surface area contributed by atoms with Crippen LogP contribution in [0.25, 0.3) is 5.69 Å². The van der Waals surface area contributed by atoms with E-state index in [-0.39, 0.29) is 34.0 Å². The van der Waals surface area contributed by atoms with E-state index >= 15 is 0 Å². The highest BCUT2D eigenvalue weighted by Gasteiger charge is 2.33. The largest absolute Gasteiger partial charge is 0.486 e. The molecule has 1 aromatic heterocycles. The van der Waals surface area contributed by atoms with Crippen molar-refractivity contribution < 1.29 is 23.9 Å². The molecule has 0 aliphatic carbocycles. The minimum Gasteiger partial charge on any atom is -0.486 e. The third kappa shape index (κ3) is 2.86. The Morgan fingerprint density at radius 2 is 1.61 bits per heavy atom. The first-order valence-corrected chi connectivity index (χ1v) is 9.40. The fourth-order valence-corrected chi connectivity index (χ4v) is 3.72. The summed E-state index contributed by atoms with van der Waals surface area (Å²) in [6, 6.07) is 12.5. The Kier molecular flexibility index (Phi) is 4.11. The van der Waals surface area contributed by atoms with Crippen LogP contribution < -0.4 is 26.1 Å². The molecule has 5 rings (SSSR count). The molecule has 0 atom stereocenters. The molecule has 2 amide bonds. The Hall–Kier alpha value is -4.40. The minimum absolute atomic E-state index is 0.0998. The third-order valence-electron chi connectivity index (χ3n) is 5.14. The van der Waals surface area contributed by atoms with Gasteiger partial charge in [0, 0.05) is 17.7 Å². The van der Waals surface area contributed by atoms with E-state index in [2.05, 4.69) is 5.32 Å². The monoisotopic (exact) mass is 417 g/mol. The second kappa shape index (κ2) is 6.84. The summed E-state index contributed by atoms with van der Waals surface area (Å²) in [5.41, 5.74) is 5.93. The molecule has 0 saturated heterocycles. The molecule has 9 heteroatoms. The molecule has 0 fully saturated rings. The summed E-state index contributed by atoms with van der Waals surface area (Å²) in [6.45, 7) is 0.610. The normalized spacial score (nSPS) is 14.2. The molecule has 9 nitrogen and oxygen atoms in total. The summed E-state index contributed by atoms with van der Waals surface area (Å²) >= 11 is 0. The molecular formula is C22H15N3O6. The average molecular weight is 417 g/mol. The van der Waals surface area contributed by atoms with Crippen molar-refractivity contribution in [2.24, 2.45) is 0 Å². The number of benzene rings is 2. The SMILES string of the molecule is Nc1c2c(cc(=O)n1-c1cc3c(cc1C(=O)c1ccccc1)OCCO3)C(=O)NC2=O. The van der Waals surface area contributed by atoms with Gasteiger partial charge >= 0.3 is 0 Å². The van der Waals surface area contributed by atoms with Gasteiger partial charge in [-0.2, -0.15) is 0 Å². The fourth-order valence-electron chi connectivity index (χ4n) is 3.72. The Morgan fingerprint density at radius 3 is 2.32 bits per heavy atom. The lowest BCUT2D eigenvalue weighted by atomic mass is 10.00. The predicted molar refractivity (Wildman–Crippen MR) is 109 cm³/mol. The molecule has 0 spiro atoms. The number of hydrogen-bond acceptors (Lipinski definition) is 7. The van der Waals surface area contributed by atoms with Gasteiger partial charge in [-0.05, 0) is 6.07 Å². The number of hydrogen-bond donors (Lipinski definition) is 2. The molecule has 0 unspecified atom stereocenters. The van der Waals surface area contributed by atoms with Crippen LogP contribution in [0.5, 0.6) is 11.5 Å². The highest BCUT2D eigenvalue weighted by molar-refractivity contribution is 6.23. The average Bonchev–Trinajstić information content (AvgIpc) is 3.06. The summed E-state index contributed by atoms with van der Waals surface area (Å²) in [7, 11) is 0. The molecule has 2 aromatic carbocycles. The topological polar surface area (TPSA) is 130 Å². The standard InChI is InChI=1S/C22H15N3O6/c23-20-18-13(21(28)24-22(18)29)9-17(26)25(20)14-10-16-15(30-6-7-31-16)8-12(14)19(27)11-4-2-1-3-5-11/h1-5,8-10H,6-7,23H2,(H,24,28,29). The van der Waals surface area contributed by atoms with Gasteiger partial charge in [-0.1, -0.05) is 30.3 Å². The first-order valence-electron chi connectivity index (χ1n) is 9.40. The quantitative estimate of drug-likeness (QED) is 0.485. The van der Waals surface area contributed by atoms with Gasteiger partial charge in [-0.25, -0.2) is 0 Å². The summed E-state index contributed by atoms with van der Waals surface area (Å²) < 4.78 is 12.2. The van der Waals surface area contributed by atoms with E-state index in [0.29, 0.717) is 30.3 Å². The van der Waals surface area contributed by atoms with E-state index in [4.69, 9.17) is 15.2 Å². The zero-order chi connectivity index (χ0) is 21.7. The number of aromatic nitrogens is 1. The van der Waals surface area contributed by atoms with Gasteiger partial charge in [-0.3, -0.25) is 29.1 Å². The molecule has 0 saturated carbocycles. The summed E-state index contributed by atoms with van der Waals surface area (Å²) in [6.07, 6.45) is 0. The van der Waals surface area contributed by atoms with Crippen LogP contribution in [0.2, 0.25) is 0 Å². The van der Waals surface area contributed by atoms with Gasteiger partial charge in [0.25, 0.3) is 17.4 Å². The highest BCUT2D eigenvalue weighted by atomic mass is 16.6. The van der Waals surface area contributed by atoms with E-state index in [9.17, 15) is 19.2 Å². The summed E-state index contributed by atoms with van der Waals surface area (Å²) in [5.74, 6) is -1.34. The number of nitrogen functional groups attached to an aromatic ring is 1. The summed E-state index contributed by atoms with van der Waals surface area (Å²) in [4.78, 5) is 50.4. The fraction of sp³-hybridized carbons (Fsp3) is 0.0909. The number of nitrogens with two attached hydrogens (primary N) is 1. The molecule has 3 N–H and O–H groups in total. The van der Waals surface area contributed by atoms with E-state index < -0.39 is 17.4 Å². The maximum Gasteiger partial charge on any atom is 0.262 e. The first kappa shape index (κ1) is 18.6. The van der Waals surface area contributed by atoms with Crippen LogP contribution in [0.1, 0.15) is 36.6 Å². The van der Waals surface area contributed by atoms with Gasteiger partial charge in [0.1, 0.15) is 19.0 Å². The number of imide groups is 1. The van der Waals surface area contributed by atoms with Crippen LogP contribution in [0.4, 0.5) is 5.82 Å². The maximum absolute atomic E-state index is 13.3. The van der Waals surface area contributed by atoms with Crippen LogP contribution in [0.15, 0.2) is 53.3 Å². The van der Waals surface area contributed by atoms with Crippen molar-refractivity contribution in [3.05, 3.63) is 81.1 Å². The third-order valence-corrected chi connectivity index (χ3v) is 5.14. The van der Waals surface area contributed by atoms with Crippen molar-refractivity contribution in [2.75, 3.05) is 18.9 Å². The van der Waals surface area contributed by atoms with Crippen LogP contribution in [0.3, 0.4) is 0 Å². The zero-order valence-corrected chi connectivity index (χ0v) is 16.0.